The fraction of sp³-hybridized carbons (Fsp3) is 0.348. The maximum atomic E-state index is 12.8. The Labute approximate surface area is 181 Å². The highest BCUT2D eigenvalue weighted by Gasteiger charge is 2.13. The molecule has 0 aliphatic heterocycles. The Morgan fingerprint density at radius 3 is 2.16 bits per heavy atom. The lowest BCUT2D eigenvalue weighted by Crippen LogP contribution is -2.27. The summed E-state index contributed by atoms with van der Waals surface area (Å²) in [6, 6.07) is 14.5. The van der Waals surface area contributed by atoms with Crippen molar-refractivity contribution in [2.24, 2.45) is 0 Å². The number of carbonyl (C=O) groups excluding carboxylic acids is 2. The monoisotopic (exact) mass is 424 g/mol. The number of likely N-dealkylation sites (N-methyl/N-ethyl adjacent to an activating group) is 1. The van der Waals surface area contributed by atoms with Crippen LogP contribution in [0.2, 0.25) is 0 Å². The predicted octanol–water partition coefficient (Wildman–Crippen LogP) is 2.71. The molecule has 0 spiro atoms. The number of hydrogen-bond acceptors (Lipinski definition) is 4. The van der Waals surface area contributed by atoms with Crippen molar-refractivity contribution >= 4 is 28.5 Å². The van der Waals surface area contributed by atoms with E-state index in [1.807, 2.05) is 31.2 Å². The molecule has 164 valence electrons. The van der Waals surface area contributed by atoms with Crippen LogP contribution in [0, 0.1) is 0 Å². The van der Waals surface area contributed by atoms with Gasteiger partial charge in [-0.25, -0.2) is 4.79 Å². The molecule has 31 heavy (non-hydrogen) atoms. The number of para-hydroxylation sites is 2. The van der Waals surface area contributed by atoms with Crippen molar-refractivity contribution in [2.75, 3.05) is 26.0 Å². The average molecular weight is 425 g/mol. The van der Waals surface area contributed by atoms with E-state index in [1.54, 1.807) is 47.5 Å². The normalized spacial score (nSPS) is 10.8. The van der Waals surface area contributed by atoms with E-state index in [-0.39, 0.29) is 30.5 Å². The van der Waals surface area contributed by atoms with Crippen LogP contribution in [0.3, 0.4) is 0 Å². The highest BCUT2D eigenvalue weighted by atomic mass is 16.5. The van der Waals surface area contributed by atoms with Gasteiger partial charge in [0.25, 0.3) is 5.91 Å². The Bertz CT molecular complexity index is 1110. The first kappa shape index (κ1) is 22.1. The van der Waals surface area contributed by atoms with Gasteiger partial charge in [-0.2, -0.15) is 0 Å². The quantitative estimate of drug-likeness (QED) is 0.572. The first-order chi connectivity index (χ1) is 14.9. The number of hydrogen-bond donors (Lipinski definition) is 1. The highest BCUT2D eigenvalue weighted by Crippen LogP contribution is 2.17. The Kier molecular flexibility index (Phi) is 7.12. The SMILES string of the molecule is CCCn1c(=O)n(CCC(=O)Nc2ccc(OCC(=O)N(C)C)cc2)c2ccccc21. The van der Waals surface area contributed by atoms with E-state index in [2.05, 4.69) is 5.32 Å². The van der Waals surface area contributed by atoms with Crippen LogP contribution >= 0.6 is 0 Å². The summed E-state index contributed by atoms with van der Waals surface area (Å²) in [7, 11) is 3.33. The van der Waals surface area contributed by atoms with E-state index in [0.717, 1.165) is 17.5 Å². The van der Waals surface area contributed by atoms with Crippen LogP contribution < -0.4 is 15.7 Å². The number of nitrogens with zero attached hydrogens (tertiary/aromatic N) is 3. The van der Waals surface area contributed by atoms with E-state index in [9.17, 15) is 14.4 Å². The summed E-state index contributed by atoms with van der Waals surface area (Å²) in [6.07, 6.45) is 1.03. The van der Waals surface area contributed by atoms with E-state index in [1.165, 1.54) is 4.90 Å². The molecule has 0 aliphatic rings. The molecule has 3 rings (SSSR count). The van der Waals surface area contributed by atoms with Gasteiger partial charge < -0.3 is 15.0 Å². The molecule has 8 nitrogen and oxygen atoms in total. The lowest BCUT2D eigenvalue weighted by atomic mass is 10.2. The van der Waals surface area contributed by atoms with Crippen LogP contribution in [0.25, 0.3) is 11.0 Å². The van der Waals surface area contributed by atoms with E-state index >= 15 is 0 Å². The molecule has 1 heterocycles. The predicted molar refractivity (Wildman–Crippen MR) is 120 cm³/mol. The van der Waals surface area contributed by atoms with Crippen molar-refractivity contribution < 1.29 is 14.3 Å². The molecule has 0 saturated heterocycles. The third kappa shape index (κ3) is 5.33. The van der Waals surface area contributed by atoms with Crippen LogP contribution in [-0.2, 0) is 22.7 Å². The van der Waals surface area contributed by atoms with Crippen LogP contribution in [0.4, 0.5) is 5.69 Å². The minimum atomic E-state index is -0.185. The van der Waals surface area contributed by atoms with Crippen molar-refractivity contribution in [3.05, 3.63) is 59.0 Å². The Morgan fingerprint density at radius 1 is 0.968 bits per heavy atom. The zero-order valence-electron chi connectivity index (χ0n) is 18.1. The van der Waals surface area contributed by atoms with Gasteiger partial charge in [-0.15, -0.1) is 0 Å². The fourth-order valence-corrected chi connectivity index (χ4v) is 3.27. The summed E-state index contributed by atoms with van der Waals surface area (Å²) in [5.74, 6) is 0.229. The van der Waals surface area contributed by atoms with Gasteiger partial charge in [-0.3, -0.25) is 18.7 Å². The van der Waals surface area contributed by atoms with E-state index < -0.39 is 0 Å². The van der Waals surface area contributed by atoms with Crippen LogP contribution in [-0.4, -0.2) is 46.6 Å². The minimum absolute atomic E-state index is 0.0426. The number of rotatable bonds is 9. The van der Waals surface area contributed by atoms with Gasteiger partial charge in [0, 0.05) is 39.3 Å². The summed E-state index contributed by atoms with van der Waals surface area (Å²) in [5.41, 5.74) is 2.25. The molecular weight excluding hydrogens is 396 g/mol. The molecule has 0 unspecified atom stereocenters. The maximum absolute atomic E-state index is 12.8. The molecule has 1 N–H and O–H groups in total. The lowest BCUT2D eigenvalue weighted by molar-refractivity contribution is -0.130. The fourth-order valence-electron chi connectivity index (χ4n) is 3.27. The zero-order valence-corrected chi connectivity index (χ0v) is 18.1. The van der Waals surface area contributed by atoms with Gasteiger partial charge in [-0.05, 0) is 42.8 Å². The molecule has 3 aromatic rings. The standard InChI is InChI=1S/C23H28N4O4/c1-4-14-26-19-7-5-6-8-20(19)27(23(26)30)15-13-21(28)24-17-9-11-18(12-10-17)31-16-22(29)25(2)3/h5-12H,4,13-16H2,1-3H3,(H,24,28). The van der Waals surface area contributed by atoms with Crippen LogP contribution in [0.1, 0.15) is 19.8 Å². The summed E-state index contributed by atoms with van der Waals surface area (Å²) < 4.78 is 8.84. The van der Waals surface area contributed by atoms with Crippen molar-refractivity contribution in [3.8, 4) is 5.75 Å². The first-order valence-corrected chi connectivity index (χ1v) is 10.3. The number of ether oxygens (including phenoxy) is 1. The van der Waals surface area contributed by atoms with Crippen LogP contribution in [0.5, 0.6) is 5.75 Å². The molecule has 0 radical (unpaired) electrons. The Morgan fingerprint density at radius 2 is 1.58 bits per heavy atom. The number of benzene rings is 2. The third-order valence-corrected chi connectivity index (χ3v) is 4.93. The van der Waals surface area contributed by atoms with Gasteiger partial charge in [0.2, 0.25) is 5.91 Å². The molecule has 0 aliphatic carbocycles. The van der Waals surface area contributed by atoms with Crippen molar-refractivity contribution in [2.45, 2.75) is 32.9 Å². The molecular formula is C23H28N4O4. The highest BCUT2D eigenvalue weighted by molar-refractivity contribution is 5.90. The van der Waals surface area contributed by atoms with Gasteiger partial charge in [0.15, 0.2) is 6.61 Å². The molecule has 8 heteroatoms. The largest absolute Gasteiger partial charge is 0.484 e. The lowest BCUT2D eigenvalue weighted by Gasteiger charge is -2.12. The van der Waals surface area contributed by atoms with Gasteiger partial charge in [-0.1, -0.05) is 19.1 Å². The number of anilines is 1. The van der Waals surface area contributed by atoms with Gasteiger partial charge in [0.05, 0.1) is 11.0 Å². The summed E-state index contributed by atoms with van der Waals surface area (Å²) in [5, 5.41) is 2.83. The Balaban J connectivity index is 1.60. The maximum Gasteiger partial charge on any atom is 0.329 e. The second kappa shape index (κ2) is 9.97. The smallest absolute Gasteiger partial charge is 0.329 e. The zero-order chi connectivity index (χ0) is 22.4. The number of aromatic nitrogens is 2. The summed E-state index contributed by atoms with van der Waals surface area (Å²) in [6.45, 7) is 2.93. The summed E-state index contributed by atoms with van der Waals surface area (Å²) >= 11 is 0. The molecule has 1 aromatic heterocycles. The number of amides is 2. The second-order valence-corrected chi connectivity index (χ2v) is 7.47. The van der Waals surface area contributed by atoms with Crippen molar-refractivity contribution in [3.63, 3.8) is 0 Å². The number of nitrogens with one attached hydrogen (secondary N) is 1. The number of fused-ring (bicyclic) bond motifs is 1. The number of imidazole rings is 1. The minimum Gasteiger partial charge on any atom is -0.484 e. The number of aryl methyl sites for hydroxylation is 2. The van der Waals surface area contributed by atoms with Crippen molar-refractivity contribution in [1.82, 2.24) is 14.0 Å². The topological polar surface area (TPSA) is 85.6 Å². The van der Waals surface area contributed by atoms with Gasteiger partial charge in [0.1, 0.15) is 5.75 Å². The van der Waals surface area contributed by atoms with E-state index in [0.29, 0.717) is 24.5 Å². The first-order valence-electron chi connectivity index (χ1n) is 10.3. The van der Waals surface area contributed by atoms with Crippen molar-refractivity contribution in [1.29, 1.82) is 0 Å². The number of carbonyl (C=O) groups is 2. The molecule has 0 atom stereocenters. The molecule has 2 amide bonds. The van der Waals surface area contributed by atoms with E-state index in [4.69, 9.17) is 4.74 Å². The molecule has 0 fully saturated rings. The molecule has 2 aromatic carbocycles. The molecule has 0 saturated carbocycles. The second-order valence-electron chi connectivity index (χ2n) is 7.47. The summed E-state index contributed by atoms with van der Waals surface area (Å²) in [4.78, 5) is 38.3. The third-order valence-electron chi connectivity index (χ3n) is 4.93. The van der Waals surface area contributed by atoms with Crippen LogP contribution in [0.15, 0.2) is 53.3 Å². The average Bonchev–Trinajstić information content (AvgIpc) is 3.03. The Hall–Kier alpha value is -3.55. The molecule has 0 bridgehead atoms. The van der Waals surface area contributed by atoms with Gasteiger partial charge >= 0.3 is 5.69 Å².